The fraction of sp³-hybridized carbons (Fsp3) is 0.111. The van der Waals surface area contributed by atoms with Gasteiger partial charge in [0.15, 0.2) is 0 Å². The molecule has 0 aliphatic rings. The summed E-state index contributed by atoms with van der Waals surface area (Å²) in [6.07, 6.45) is 3.57. The quantitative estimate of drug-likeness (QED) is 0.514. The van der Waals surface area contributed by atoms with Crippen LogP contribution < -0.4 is 10.1 Å². The van der Waals surface area contributed by atoms with E-state index in [9.17, 15) is 10.1 Å². The van der Waals surface area contributed by atoms with Crippen LogP contribution in [-0.2, 0) is 4.79 Å². The lowest BCUT2D eigenvalue weighted by Crippen LogP contribution is -2.13. The number of benzene rings is 2. The molecule has 0 saturated heterocycles. The molecule has 2 aromatic rings. The summed E-state index contributed by atoms with van der Waals surface area (Å²) in [5, 5.41) is 11.9. The molecule has 0 heterocycles. The second kappa shape index (κ2) is 8.06. The van der Waals surface area contributed by atoms with Crippen LogP contribution in [0.1, 0.15) is 5.56 Å². The summed E-state index contributed by atoms with van der Waals surface area (Å²) in [6.45, 7) is 0. The van der Waals surface area contributed by atoms with Crippen LogP contribution in [0.15, 0.2) is 59.0 Å². The zero-order chi connectivity index (χ0) is 16.7. The summed E-state index contributed by atoms with van der Waals surface area (Å²) in [5.41, 5.74) is 1.47. The molecule has 4 nitrogen and oxygen atoms in total. The minimum Gasteiger partial charge on any atom is -0.497 e. The molecule has 0 aliphatic heterocycles. The van der Waals surface area contributed by atoms with Crippen molar-refractivity contribution in [1.82, 2.24) is 0 Å². The van der Waals surface area contributed by atoms with Gasteiger partial charge in [-0.2, -0.15) is 5.26 Å². The van der Waals surface area contributed by atoms with Gasteiger partial charge in [0.05, 0.1) is 7.11 Å². The van der Waals surface area contributed by atoms with Gasteiger partial charge in [-0.05, 0) is 54.3 Å². The number of anilines is 1. The van der Waals surface area contributed by atoms with Crippen LogP contribution >= 0.6 is 11.8 Å². The van der Waals surface area contributed by atoms with Gasteiger partial charge < -0.3 is 10.1 Å². The molecular formula is C18H16N2O2S. The molecule has 0 atom stereocenters. The monoisotopic (exact) mass is 324 g/mol. The Kier molecular flexibility index (Phi) is 5.84. The maximum absolute atomic E-state index is 12.2. The molecular weight excluding hydrogens is 308 g/mol. The van der Waals surface area contributed by atoms with E-state index in [2.05, 4.69) is 5.32 Å². The van der Waals surface area contributed by atoms with E-state index in [4.69, 9.17) is 4.74 Å². The molecule has 116 valence electrons. The molecule has 1 N–H and O–H groups in total. The van der Waals surface area contributed by atoms with Crippen molar-refractivity contribution in [2.24, 2.45) is 0 Å². The highest BCUT2D eigenvalue weighted by Crippen LogP contribution is 2.18. The number of thioether (sulfide) groups is 1. The average molecular weight is 324 g/mol. The van der Waals surface area contributed by atoms with Gasteiger partial charge in [-0.1, -0.05) is 12.1 Å². The van der Waals surface area contributed by atoms with Gasteiger partial charge in [-0.3, -0.25) is 4.79 Å². The van der Waals surface area contributed by atoms with E-state index in [0.29, 0.717) is 11.4 Å². The van der Waals surface area contributed by atoms with Gasteiger partial charge in [0.2, 0.25) is 0 Å². The first-order valence-electron chi connectivity index (χ1n) is 6.87. The summed E-state index contributed by atoms with van der Waals surface area (Å²) in [4.78, 5) is 13.3. The van der Waals surface area contributed by atoms with Crippen LogP contribution in [0.2, 0.25) is 0 Å². The number of hydrogen-bond donors (Lipinski definition) is 1. The van der Waals surface area contributed by atoms with Gasteiger partial charge >= 0.3 is 0 Å². The molecule has 0 aromatic heterocycles. The third-order valence-corrected chi connectivity index (χ3v) is 3.88. The fourth-order valence-electron chi connectivity index (χ4n) is 1.89. The van der Waals surface area contributed by atoms with Crippen LogP contribution in [-0.4, -0.2) is 19.3 Å². The topological polar surface area (TPSA) is 62.1 Å². The molecule has 1 amide bonds. The number of carbonyl (C=O) groups excluding carboxylic acids is 1. The van der Waals surface area contributed by atoms with Gasteiger partial charge in [0, 0.05) is 10.6 Å². The first-order chi connectivity index (χ1) is 11.2. The van der Waals surface area contributed by atoms with Crippen LogP contribution in [0.3, 0.4) is 0 Å². The number of carbonyl (C=O) groups is 1. The zero-order valence-corrected chi connectivity index (χ0v) is 13.7. The number of methoxy groups -OCH3 is 1. The summed E-state index contributed by atoms with van der Waals surface area (Å²) in [5.74, 6) is 0.263. The molecule has 23 heavy (non-hydrogen) atoms. The van der Waals surface area contributed by atoms with E-state index < -0.39 is 5.91 Å². The van der Waals surface area contributed by atoms with Crippen molar-refractivity contribution >= 4 is 29.4 Å². The number of hydrogen-bond acceptors (Lipinski definition) is 4. The highest BCUT2D eigenvalue weighted by atomic mass is 32.2. The Balaban J connectivity index is 2.13. The van der Waals surface area contributed by atoms with Gasteiger partial charge in [0.1, 0.15) is 17.4 Å². The van der Waals surface area contributed by atoms with Crippen molar-refractivity contribution in [2.75, 3.05) is 18.7 Å². The fourth-order valence-corrected chi connectivity index (χ4v) is 2.30. The highest BCUT2D eigenvalue weighted by molar-refractivity contribution is 7.98. The van der Waals surface area contributed by atoms with E-state index in [1.54, 1.807) is 49.2 Å². The largest absolute Gasteiger partial charge is 0.497 e. The number of nitrogens with one attached hydrogen (secondary N) is 1. The molecule has 2 rings (SSSR count). The Labute approximate surface area is 139 Å². The van der Waals surface area contributed by atoms with Gasteiger partial charge in [0.25, 0.3) is 5.91 Å². The van der Waals surface area contributed by atoms with Crippen molar-refractivity contribution < 1.29 is 9.53 Å². The Morgan fingerprint density at radius 2 is 1.83 bits per heavy atom. The van der Waals surface area contributed by atoms with Crippen molar-refractivity contribution in [3.63, 3.8) is 0 Å². The van der Waals surface area contributed by atoms with Crippen molar-refractivity contribution in [3.8, 4) is 11.8 Å². The van der Waals surface area contributed by atoms with E-state index in [-0.39, 0.29) is 5.57 Å². The van der Waals surface area contributed by atoms with Crippen LogP contribution in [0.4, 0.5) is 5.69 Å². The Morgan fingerprint density at radius 1 is 1.17 bits per heavy atom. The minimum absolute atomic E-state index is 0.0534. The molecule has 0 unspecified atom stereocenters. The molecule has 0 spiro atoms. The number of ether oxygens (including phenoxy) is 1. The Morgan fingerprint density at radius 3 is 2.35 bits per heavy atom. The zero-order valence-electron chi connectivity index (χ0n) is 12.9. The summed E-state index contributed by atoms with van der Waals surface area (Å²) < 4.78 is 5.06. The second-order valence-electron chi connectivity index (χ2n) is 4.63. The third kappa shape index (κ3) is 4.63. The summed E-state index contributed by atoms with van der Waals surface area (Å²) in [7, 11) is 1.58. The minimum atomic E-state index is -0.438. The second-order valence-corrected chi connectivity index (χ2v) is 5.51. The molecule has 5 heteroatoms. The third-order valence-electron chi connectivity index (χ3n) is 3.14. The lowest BCUT2D eigenvalue weighted by Gasteiger charge is -2.05. The molecule has 0 fully saturated rings. The molecule has 0 saturated carbocycles. The van der Waals surface area contributed by atoms with Gasteiger partial charge in [-0.25, -0.2) is 0 Å². The predicted octanol–water partition coefficient (Wildman–Crippen LogP) is 3.96. The molecule has 2 aromatic carbocycles. The first kappa shape index (κ1) is 16.7. The maximum atomic E-state index is 12.2. The predicted molar refractivity (Wildman–Crippen MR) is 93.4 cm³/mol. The Bertz CT molecular complexity index is 744. The Hall–Kier alpha value is -2.71. The average Bonchev–Trinajstić information content (AvgIpc) is 2.60. The maximum Gasteiger partial charge on any atom is 0.266 e. The lowest BCUT2D eigenvalue weighted by molar-refractivity contribution is -0.112. The van der Waals surface area contributed by atoms with Crippen molar-refractivity contribution in [2.45, 2.75) is 4.90 Å². The lowest BCUT2D eigenvalue weighted by atomic mass is 10.1. The summed E-state index contributed by atoms with van der Waals surface area (Å²) >= 11 is 1.64. The first-order valence-corrected chi connectivity index (χ1v) is 8.10. The number of nitrogens with zero attached hydrogens (tertiary/aromatic N) is 1. The van der Waals surface area contributed by atoms with Gasteiger partial charge in [-0.15, -0.1) is 11.8 Å². The normalized spacial score (nSPS) is 10.7. The number of rotatable bonds is 5. The van der Waals surface area contributed by atoms with Crippen molar-refractivity contribution in [1.29, 1.82) is 5.26 Å². The molecule has 0 aliphatic carbocycles. The SMILES string of the molecule is COc1ccc(NC(=O)/C(C#N)=C\c2ccc(SC)cc2)cc1. The molecule has 0 bridgehead atoms. The number of amides is 1. The van der Waals surface area contributed by atoms with Crippen LogP contribution in [0.5, 0.6) is 5.75 Å². The standard InChI is InChI=1S/C18H16N2O2S/c1-22-16-7-5-15(6-8-16)20-18(21)14(12-19)11-13-3-9-17(23-2)10-4-13/h3-11H,1-2H3,(H,20,21)/b14-11-. The van der Waals surface area contributed by atoms with Crippen molar-refractivity contribution in [3.05, 3.63) is 59.7 Å². The highest BCUT2D eigenvalue weighted by Gasteiger charge is 2.09. The van der Waals surface area contributed by atoms with E-state index in [0.717, 1.165) is 10.5 Å². The van der Waals surface area contributed by atoms with E-state index in [1.165, 1.54) is 0 Å². The van der Waals surface area contributed by atoms with Crippen LogP contribution in [0.25, 0.3) is 6.08 Å². The summed E-state index contributed by atoms with van der Waals surface area (Å²) in [6, 6.07) is 16.5. The van der Waals surface area contributed by atoms with E-state index >= 15 is 0 Å². The van der Waals surface area contributed by atoms with Crippen LogP contribution in [0, 0.1) is 11.3 Å². The number of nitriles is 1. The molecule has 0 radical (unpaired) electrons. The smallest absolute Gasteiger partial charge is 0.266 e. The van der Waals surface area contributed by atoms with E-state index in [1.807, 2.05) is 36.6 Å².